The summed E-state index contributed by atoms with van der Waals surface area (Å²) in [6, 6.07) is 0. The van der Waals surface area contributed by atoms with Gasteiger partial charge in [-0.2, -0.15) is 0 Å². The van der Waals surface area contributed by atoms with Crippen LogP contribution in [0.3, 0.4) is 0 Å². The molecule has 1 saturated heterocycles. The Kier molecular flexibility index (Phi) is 7.82. The van der Waals surface area contributed by atoms with Crippen molar-refractivity contribution in [3.63, 3.8) is 0 Å². The molecule has 8 nitrogen and oxygen atoms in total. The first-order chi connectivity index (χ1) is 11.3. The number of morpholine rings is 1. The lowest BCUT2D eigenvalue weighted by Gasteiger charge is -2.25. The van der Waals surface area contributed by atoms with Gasteiger partial charge in [-0.05, 0) is 6.92 Å². The highest BCUT2D eigenvalue weighted by atomic mass is 16.5. The van der Waals surface area contributed by atoms with Gasteiger partial charge in [0.2, 0.25) is 0 Å². The van der Waals surface area contributed by atoms with Gasteiger partial charge in [-0.25, -0.2) is 0 Å². The van der Waals surface area contributed by atoms with Crippen molar-refractivity contribution in [2.45, 2.75) is 26.8 Å². The second-order valence-electron chi connectivity index (χ2n) is 5.44. The van der Waals surface area contributed by atoms with E-state index in [1.165, 1.54) is 0 Å². The molecule has 2 N–H and O–H groups in total. The SMILES string of the molecule is CCNC(=NCCN1CCOCC1)NCCn1cnnc1CC. The Bertz CT molecular complexity index is 468. The maximum absolute atomic E-state index is 5.36. The second-order valence-corrected chi connectivity index (χ2v) is 5.44. The van der Waals surface area contributed by atoms with Crippen molar-refractivity contribution >= 4 is 5.96 Å². The summed E-state index contributed by atoms with van der Waals surface area (Å²) in [7, 11) is 0. The lowest BCUT2D eigenvalue weighted by atomic mass is 10.4. The van der Waals surface area contributed by atoms with Crippen molar-refractivity contribution in [3.05, 3.63) is 12.2 Å². The number of hydrogen-bond donors (Lipinski definition) is 2. The second kappa shape index (κ2) is 10.2. The van der Waals surface area contributed by atoms with Crippen LogP contribution in [0, 0.1) is 0 Å². The zero-order chi connectivity index (χ0) is 16.3. The van der Waals surface area contributed by atoms with E-state index in [1.807, 2.05) is 0 Å². The first-order valence-electron chi connectivity index (χ1n) is 8.52. The molecule has 0 bridgehead atoms. The van der Waals surface area contributed by atoms with Crippen molar-refractivity contribution in [1.29, 1.82) is 0 Å². The summed E-state index contributed by atoms with van der Waals surface area (Å²) in [6.07, 6.45) is 2.68. The van der Waals surface area contributed by atoms with Gasteiger partial charge in [0.25, 0.3) is 0 Å². The van der Waals surface area contributed by atoms with Gasteiger partial charge in [-0.1, -0.05) is 6.92 Å². The van der Waals surface area contributed by atoms with Crippen molar-refractivity contribution in [2.24, 2.45) is 4.99 Å². The number of guanidine groups is 1. The average Bonchev–Trinajstić information content (AvgIpc) is 3.03. The van der Waals surface area contributed by atoms with Crippen LogP contribution in [-0.4, -0.2) is 78.1 Å². The van der Waals surface area contributed by atoms with E-state index < -0.39 is 0 Å². The van der Waals surface area contributed by atoms with Gasteiger partial charge in [0, 0.05) is 45.7 Å². The van der Waals surface area contributed by atoms with E-state index in [1.54, 1.807) is 6.33 Å². The lowest BCUT2D eigenvalue weighted by molar-refractivity contribution is 0.0394. The highest BCUT2D eigenvalue weighted by Gasteiger charge is 2.09. The Labute approximate surface area is 138 Å². The predicted molar refractivity (Wildman–Crippen MR) is 90.6 cm³/mol. The van der Waals surface area contributed by atoms with Crippen LogP contribution < -0.4 is 10.6 Å². The zero-order valence-corrected chi connectivity index (χ0v) is 14.3. The molecule has 8 heteroatoms. The summed E-state index contributed by atoms with van der Waals surface area (Å²) in [5.74, 6) is 1.88. The van der Waals surface area contributed by atoms with Gasteiger partial charge in [-0.15, -0.1) is 10.2 Å². The maximum atomic E-state index is 5.36. The van der Waals surface area contributed by atoms with Gasteiger partial charge in [0.05, 0.1) is 19.8 Å². The number of aliphatic imine (C=N–C) groups is 1. The number of ether oxygens (including phenoxy) is 1. The Morgan fingerprint density at radius 1 is 1.26 bits per heavy atom. The fourth-order valence-electron chi connectivity index (χ4n) is 2.50. The third-order valence-corrected chi connectivity index (χ3v) is 3.79. The summed E-state index contributed by atoms with van der Waals surface area (Å²) >= 11 is 0. The molecule has 0 unspecified atom stereocenters. The highest BCUT2D eigenvalue weighted by Crippen LogP contribution is 1.96. The highest BCUT2D eigenvalue weighted by molar-refractivity contribution is 5.79. The molecule has 2 rings (SSSR count). The van der Waals surface area contributed by atoms with Crippen LogP contribution in [0.4, 0.5) is 0 Å². The molecular weight excluding hydrogens is 294 g/mol. The first-order valence-corrected chi connectivity index (χ1v) is 8.52. The number of rotatable bonds is 8. The average molecular weight is 323 g/mol. The molecule has 0 spiro atoms. The number of nitrogens with one attached hydrogen (secondary N) is 2. The van der Waals surface area contributed by atoms with Crippen LogP contribution in [0.25, 0.3) is 0 Å². The van der Waals surface area contributed by atoms with Gasteiger partial charge in [0.1, 0.15) is 12.2 Å². The van der Waals surface area contributed by atoms with Gasteiger partial charge in [-0.3, -0.25) is 9.89 Å². The Balaban J connectivity index is 1.72. The van der Waals surface area contributed by atoms with Crippen molar-refractivity contribution in [1.82, 2.24) is 30.3 Å². The van der Waals surface area contributed by atoms with Crippen molar-refractivity contribution in [2.75, 3.05) is 52.5 Å². The molecule has 1 aromatic heterocycles. The molecule has 23 heavy (non-hydrogen) atoms. The molecule has 0 radical (unpaired) electrons. The lowest BCUT2D eigenvalue weighted by Crippen LogP contribution is -2.41. The van der Waals surface area contributed by atoms with Crippen LogP contribution in [0.1, 0.15) is 19.7 Å². The molecule has 0 saturated carbocycles. The number of aryl methyl sites for hydroxylation is 1. The van der Waals surface area contributed by atoms with E-state index in [0.717, 1.165) is 77.2 Å². The Morgan fingerprint density at radius 3 is 2.83 bits per heavy atom. The fraction of sp³-hybridized carbons (Fsp3) is 0.800. The summed E-state index contributed by atoms with van der Waals surface area (Å²) < 4.78 is 7.43. The van der Waals surface area contributed by atoms with Gasteiger partial charge < -0.3 is 19.9 Å². The normalized spacial score (nSPS) is 16.5. The molecule has 1 fully saturated rings. The van der Waals surface area contributed by atoms with E-state index in [9.17, 15) is 0 Å². The van der Waals surface area contributed by atoms with Crippen LogP contribution in [0.2, 0.25) is 0 Å². The van der Waals surface area contributed by atoms with Crippen molar-refractivity contribution in [3.8, 4) is 0 Å². The van der Waals surface area contributed by atoms with E-state index in [-0.39, 0.29) is 0 Å². The van der Waals surface area contributed by atoms with E-state index >= 15 is 0 Å². The molecular formula is C15H29N7O. The molecule has 0 atom stereocenters. The molecule has 1 aliphatic rings. The van der Waals surface area contributed by atoms with Crippen LogP contribution in [-0.2, 0) is 17.7 Å². The predicted octanol–water partition coefficient (Wildman–Crippen LogP) is -0.272. The van der Waals surface area contributed by atoms with Gasteiger partial charge in [0.15, 0.2) is 5.96 Å². The summed E-state index contributed by atoms with van der Waals surface area (Å²) in [4.78, 5) is 7.03. The van der Waals surface area contributed by atoms with Crippen LogP contribution in [0.15, 0.2) is 11.3 Å². The Morgan fingerprint density at radius 2 is 2.09 bits per heavy atom. The molecule has 2 heterocycles. The molecule has 0 aromatic carbocycles. The minimum atomic E-state index is 0.794. The largest absolute Gasteiger partial charge is 0.379 e. The van der Waals surface area contributed by atoms with Crippen LogP contribution in [0.5, 0.6) is 0 Å². The molecule has 1 aromatic rings. The zero-order valence-electron chi connectivity index (χ0n) is 14.3. The first kappa shape index (κ1) is 17.7. The Hall–Kier alpha value is -1.67. The van der Waals surface area contributed by atoms with Gasteiger partial charge >= 0.3 is 0 Å². The minimum Gasteiger partial charge on any atom is -0.379 e. The minimum absolute atomic E-state index is 0.794. The maximum Gasteiger partial charge on any atom is 0.191 e. The van der Waals surface area contributed by atoms with E-state index in [4.69, 9.17) is 4.74 Å². The molecule has 0 aliphatic carbocycles. The summed E-state index contributed by atoms with van der Waals surface area (Å²) in [6.45, 7) is 12.1. The third-order valence-electron chi connectivity index (χ3n) is 3.79. The number of hydrogen-bond acceptors (Lipinski definition) is 5. The monoisotopic (exact) mass is 323 g/mol. The summed E-state index contributed by atoms with van der Waals surface area (Å²) in [5.41, 5.74) is 0. The molecule has 1 aliphatic heterocycles. The topological polar surface area (TPSA) is 79.6 Å². The molecule has 130 valence electrons. The van der Waals surface area contributed by atoms with Crippen molar-refractivity contribution < 1.29 is 4.74 Å². The van der Waals surface area contributed by atoms with Crippen LogP contribution >= 0.6 is 0 Å². The van der Waals surface area contributed by atoms with E-state index in [2.05, 4.69) is 49.1 Å². The number of nitrogens with zero attached hydrogens (tertiary/aromatic N) is 5. The molecule has 0 amide bonds. The summed E-state index contributed by atoms with van der Waals surface area (Å²) in [5, 5.41) is 14.7. The van der Waals surface area contributed by atoms with E-state index in [0.29, 0.717) is 0 Å². The number of aromatic nitrogens is 3. The fourth-order valence-corrected chi connectivity index (χ4v) is 2.50. The standard InChI is InChI=1S/C15H29N7O/c1-3-14-20-19-13-22(14)8-6-18-15(16-4-2)17-5-7-21-9-11-23-12-10-21/h13H,3-12H2,1-2H3,(H2,16,17,18). The smallest absolute Gasteiger partial charge is 0.191 e. The quantitative estimate of drug-likeness (QED) is 0.506. The third kappa shape index (κ3) is 6.15.